The molecule has 11 aromatic rings. The maximum absolute atomic E-state index is 6.26. The summed E-state index contributed by atoms with van der Waals surface area (Å²) < 4.78 is 8.39. The van der Waals surface area contributed by atoms with Gasteiger partial charge in [-0.1, -0.05) is 170 Å². The number of benzene rings is 7. The molecule has 11 rings (SSSR count). The molecule has 0 aliphatic rings. The Bertz CT molecular complexity index is 3220. The van der Waals surface area contributed by atoms with Gasteiger partial charge in [0.1, 0.15) is 16.9 Å². The molecule has 0 aliphatic carbocycles. The molecule has 0 aliphatic heterocycles. The molecule has 5 nitrogen and oxygen atoms in total. The summed E-state index contributed by atoms with van der Waals surface area (Å²) in [4.78, 5) is 10.4. The Balaban J connectivity index is 1.12. The topological polar surface area (TPSA) is 56.2 Å². The van der Waals surface area contributed by atoms with Crippen LogP contribution in [0, 0.1) is 0 Å². The van der Waals surface area contributed by atoms with Gasteiger partial charge in [0, 0.05) is 49.5 Å². The minimum Gasteiger partial charge on any atom is -0.456 e. The molecule has 0 atom stereocenters. The van der Waals surface area contributed by atoms with E-state index >= 15 is 0 Å². The summed E-state index contributed by atoms with van der Waals surface area (Å²) in [6.45, 7) is 0. The molecular formula is C51H32N4O. The highest BCUT2D eigenvalue weighted by Gasteiger charge is 2.22. The van der Waals surface area contributed by atoms with Gasteiger partial charge in [-0.3, -0.25) is 0 Å². The molecule has 56 heavy (non-hydrogen) atoms. The molecule has 0 saturated carbocycles. The third kappa shape index (κ3) is 5.29. The van der Waals surface area contributed by atoms with Crippen LogP contribution in [0.25, 0.3) is 106 Å². The highest BCUT2D eigenvalue weighted by Crippen LogP contribution is 2.42. The van der Waals surface area contributed by atoms with Gasteiger partial charge in [0.05, 0.1) is 22.6 Å². The number of rotatable bonds is 6. The maximum atomic E-state index is 6.26. The first-order chi connectivity index (χ1) is 27.8. The lowest BCUT2D eigenvalue weighted by Crippen LogP contribution is -1.96. The van der Waals surface area contributed by atoms with E-state index in [4.69, 9.17) is 19.5 Å². The van der Waals surface area contributed by atoms with Crippen LogP contribution in [0.15, 0.2) is 199 Å². The summed E-state index contributed by atoms with van der Waals surface area (Å²) >= 11 is 0. The highest BCUT2D eigenvalue weighted by atomic mass is 16.3. The third-order valence-corrected chi connectivity index (χ3v) is 10.6. The van der Waals surface area contributed by atoms with E-state index in [0.29, 0.717) is 5.82 Å². The van der Waals surface area contributed by atoms with Crippen LogP contribution in [-0.4, -0.2) is 19.6 Å². The van der Waals surface area contributed by atoms with Crippen LogP contribution in [0.5, 0.6) is 0 Å². The lowest BCUT2D eigenvalue weighted by molar-refractivity contribution is 0.669. The molecule has 0 saturated heterocycles. The van der Waals surface area contributed by atoms with Crippen molar-refractivity contribution in [2.24, 2.45) is 0 Å². The summed E-state index contributed by atoms with van der Waals surface area (Å²) in [6.07, 6.45) is 0. The first-order valence-corrected chi connectivity index (χ1v) is 18.8. The molecule has 5 heteroatoms. The van der Waals surface area contributed by atoms with Crippen LogP contribution in [0.3, 0.4) is 0 Å². The van der Waals surface area contributed by atoms with E-state index in [2.05, 4.69) is 144 Å². The van der Waals surface area contributed by atoms with Gasteiger partial charge >= 0.3 is 0 Å². The fraction of sp³-hybridized carbons (Fsp3) is 0. The number of para-hydroxylation sites is 1. The van der Waals surface area contributed by atoms with Gasteiger partial charge in [-0.05, 0) is 35.2 Å². The van der Waals surface area contributed by atoms with E-state index in [0.717, 1.165) is 94.6 Å². The van der Waals surface area contributed by atoms with Crippen molar-refractivity contribution in [1.29, 1.82) is 0 Å². The summed E-state index contributed by atoms with van der Waals surface area (Å²) in [6, 6.07) is 67.2. The van der Waals surface area contributed by atoms with E-state index in [1.165, 1.54) is 5.39 Å². The zero-order valence-corrected chi connectivity index (χ0v) is 30.2. The zero-order chi connectivity index (χ0) is 37.0. The van der Waals surface area contributed by atoms with Gasteiger partial charge in [-0.15, -0.1) is 0 Å². The Hall–Kier alpha value is -7.63. The minimum absolute atomic E-state index is 0.650. The van der Waals surface area contributed by atoms with E-state index < -0.39 is 0 Å². The number of hydrogen-bond acceptors (Lipinski definition) is 4. The molecule has 7 aromatic carbocycles. The molecule has 0 N–H and O–H groups in total. The summed E-state index contributed by atoms with van der Waals surface area (Å²) in [7, 11) is 0. The fourth-order valence-electron chi connectivity index (χ4n) is 8.02. The Labute approximate surface area is 322 Å². The van der Waals surface area contributed by atoms with Crippen molar-refractivity contribution in [2.45, 2.75) is 0 Å². The molecule has 0 radical (unpaired) electrons. The molecule has 0 fully saturated rings. The van der Waals surface area contributed by atoms with Crippen LogP contribution in [0.4, 0.5) is 0 Å². The number of aromatic nitrogens is 4. The number of pyridine rings is 1. The van der Waals surface area contributed by atoms with Crippen molar-refractivity contribution in [1.82, 2.24) is 19.6 Å². The average molecular weight is 717 g/mol. The van der Waals surface area contributed by atoms with Gasteiger partial charge < -0.3 is 4.42 Å². The van der Waals surface area contributed by atoms with Gasteiger partial charge in [0.15, 0.2) is 5.82 Å². The number of nitrogens with zero attached hydrogens (tertiary/aromatic N) is 4. The SMILES string of the molecule is c1ccc(-c2cc(-c3ccc(-c4c(-c5ccccc5)nn5c(-c6ccccc6)cc6ccccc6c45)cc3)nc(-c3cccc4oc5ccccc5c34)n2)cc1. The highest BCUT2D eigenvalue weighted by molar-refractivity contribution is 6.12. The smallest absolute Gasteiger partial charge is 0.161 e. The normalized spacial score (nSPS) is 11.6. The number of hydrogen-bond donors (Lipinski definition) is 0. The molecule has 4 heterocycles. The second-order valence-corrected chi connectivity index (χ2v) is 14.0. The quantitative estimate of drug-likeness (QED) is 0.172. The van der Waals surface area contributed by atoms with Crippen molar-refractivity contribution in [2.75, 3.05) is 0 Å². The monoisotopic (exact) mass is 716 g/mol. The van der Waals surface area contributed by atoms with Crippen molar-refractivity contribution in [3.05, 3.63) is 194 Å². The first-order valence-electron chi connectivity index (χ1n) is 18.8. The van der Waals surface area contributed by atoms with Crippen LogP contribution in [0.1, 0.15) is 0 Å². The largest absolute Gasteiger partial charge is 0.456 e. The van der Waals surface area contributed by atoms with Gasteiger partial charge in [-0.2, -0.15) is 5.10 Å². The van der Waals surface area contributed by atoms with E-state index in [1.807, 2.05) is 54.6 Å². The summed E-state index contributed by atoms with van der Waals surface area (Å²) in [5, 5.41) is 9.76. The van der Waals surface area contributed by atoms with Gasteiger partial charge in [0.2, 0.25) is 0 Å². The molecule has 0 amide bonds. The van der Waals surface area contributed by atoms with Gasteiger partial charge in [-0.25, -0.2) is 14.5 Å². The molecule has 4 aromatic heterocycles. The third-order valence-electron chi connectivity index (χ3n) is 10.6. The average Bonchev–Trinajstić information content (AvgIpc) is 3.87. The molecule has 262 valence electrons. The van der Waals surface area contributed by atoms with E-state index in [1.54, 1.807) is 0 Å². The lowest BCUT2D eigenvalue weighted by atomic mass is 9.95. The van der Waals surface area contributed by atoms with Crippen molar-refractivity contribution >= 4 is 38.2 Å². The van der Waals surface area contributed by atoms with E-state index in [9.17, 15) is 0 Å². The van der Waals surface area contributed by atoms with E-state index in [-0.39, 0.29) is 0 Å². The lowest BCUT2D eigenvalue weighted by Gasteiger charge is -2.12. The van der Waals surface area contributed by atoms with Crippen LogP contribution < -0.4 is 0 Å². The minimum atomic E-state index is 0.650. The standard InChI is InChI=1S/C51H32N4O/c1-4-15-33(16-5-1)42-32-43(53-51(52-42)41-24-14-26-46-48(41)40-23-12-13-25-45(40)56-46)34-27-29-36(30-28-34)47-49(37-19-8-3-9-20-37)54-55-44(35-17-6-2-7-18-35)31-38-21-10-11-22-39(38)50(47)55/h1-32H. The Morgan fingerprint density at radius 2 is 1.00 bits per heavy atom. The maximum Gasteiger partial charge on any atom is 0.161 e. The Morgan fingerprint density at radius 1 is 0.429 bits per heavy atom. The molecular weight excluding hydrogens is 685 g/mol. The van der Waals surface area contributed by atoms with Crippen molar-refractivity contribution in [3.63, 3.8) is 0 Å². The van der Waals surface area contributed by atoms with Crippen LogP contribution >= 0.6 is 0 Å². The zero-order valence-electron chi connectivity index (χ0n) is 30.2. The Kier molecular flexibility index (Phi) is 7.42. The number of furan rings is 1. The van der Waals surface area contributed by atoms with Crippen LogP contribution in [0.2, 0.25) is 0 Å². The predicted octanol–water partition coefficient (Wildman–Crippen LogP) is 13.2. The number of fused-ring (bicyclic) bond motifs is 6. The first kappa shape index (κ1) is 31.9. The van der Waals surface area contributed by atoms with Crippen molar-refractivity contribution in [3.8, 4) is 67.5 Å². The molecule has 0 spiro atoms. The van der Waals surface area contributed by atoms with Gasteiger partial charge in [0.25, 0.3) is 0 Å². The molecule has 0 bridgehead atoms. The van der Waals surface area contributed by atoms with Crippen molar-refractivity contribution < 1.29 is 4.42 Å². The summed E-state index contributed by atoms with van der Waals surface area (Å²) in [5.41, 5.74) is 13.7. The second kappa shape index (κ2) is 13.0. The predicted molar refractivity (Wildman–Crippen MR) is 228 cm³/mol. The fourth-order valence-corrected chi connectivity index (χ4v) is 8.02. The molecule has 0 unspecified atom stereocenters. The summed E-state index contributed by atoms with van der Waals surface area (Å²) in [5.74, 6) is 0.650. The Morgan fingerprint density at radius 3 is 1.73 bits per heavy atom. The van der Waals surface area contributed by atoms with Crippen LogP contribution in [-0.2, 0) is 0 Å². The second-order valence-electron chi connectivity index (χ2n) is 14.0.